The van der Waals surface area contributed by atoms with Gasteiger partial charge in [-0.25, -0.2) is 9.97 Å². The van der Waals surface area contributed by atoms with E-state index in [0.717, 1.165) is 11.4 Å². The lowest BCUT2D eigenvalue weighted by Crippen LogP contribution is -2.25. The van der Waals surface area contributed by atoms with Crippen LogP contribution >= 0.6 is 0 Å². The number of para-hydroxylation sites is 1. The lowest BCUT2D eigenvalue weighted by molar-refractivity contribution is 0.0945. The van der Waals surface area contributed by atoms with E-state index < -0.39 is 0 Å². The van der Waals surface area contributed by atoms with Crippen molar-refractivity contribution in [2.24, 2.45) is 0 Å². The fourth-order valence-electron chi connectivity index (χ4n) is 2.17. The second-order valence-electron chi connectivity index (χ2n) is 5.14. The number of benzene rings is 1. The van der Waals surface area contributed by atoms with E-state index >= 15 is 0 Å². The van der Waals surface area contributed by atoms with Gasteiger partial charge in [0.2, 0.25) is 5.95 Å². The molecule has 6 nitrogen and oxygen atoms in total. The first-order chi connectivity index (χ1) is 11.7. The normalized spacial score (nSPS) is 10.2. The molecule has 0 saturated heterocycles. The van der Waals surface area contributed by atoms with Crippen LogP contribution in [0.1, 0.15) is 16.2 Å². The molecule has 120 valence electrons. The predicted octanol–water partition coefficient (Wildman–Crippen LogP) is 2.57. The summed E-state index contributed by atoms with van der Waals surface area (Å²) in [7, 11) is 1.86. The van der Waals surface area contributed by atoms with Crippen molar-refractivity contribution < 1.29 is 4.79 Å². The van der Waals surface area contributed by atoms with E-state index in [9.17, 15) is 4.79 Å². The summed E-state index contributed by atoms with van der Waals surface area (Å²) in [5.74, 6) is 0.206. The number of amides is 1. The highest BCUT2D eigenvalue weighted by molar-refractivity contribution is 5.92. The molecule has 0 aliphatic heterocycles. The largest absolute Gasteiger partial charge is 0.345 e. The second-order valence-corrected chi connectivity index (χ2v) is 5.14. The van der Waals surface area contributed by atoms with Gasteiger partial charge in [-0.05, 0) is 30.3 Å². The second kappa shape index (κ2) is 7.32. The molecule has 1 amide bonds. The van der Waals surface area contributed by atoms with Gasteiger partial charge in [0.1, 0.15) is 5.69 Å². The van der Waals surface area contributed by atoms with Gasteiger partial charge in [-0.3, -0.25) is 9.78 Å². The number of nitrogens with zero attached hydrogens (tertiary/aromatic N) is 4. The van der Waals surface area contributed by atoms with E-state index in [1.54, 1.807) is 18.5 Å². The third-order valence-electron chi connectivity index (χ3n) is 3.48. The summed E-state index contributed by atoms with van der Waals surface area (Å²) in [5.41, 5.74) is 2.06. The summed E-state index contributed by atoms with van der Waals surface area (Å²) >= 11 is 0. The molecule has 0 atom stereocenters. The molecule has 0 aliphatic rings. The number of carbonyl (C=O) groups is 1. The summed E-state index contributed by atoms with van der Waals surface area (Å²) in [5, 5.41) is 2.81. The molecule has 2 heterocycles. The SMILES string of the molecule is CN(c1ccccc1)c1nccc(C(=O)NCc2ccccn2)n1. The highest BCUT2D eigenvalue weighted by atomic mass is 16.1. The van der Waals surface area contributed by atoms with Crippen molar-refractivity contribution in [1.29, 1.82) is 0 Å². The van der Waals surface area contributed by atoms with Crippen molar-refractivity contribution in [3.05, 3.63) is 78.4 Å². The zero-order valence-electron chi connectivity index (χ0n) is 13.3. The van der Waals surface area contributed by atoms with Gasteiger partial charge in [0.05, 0.1) is 12.2 Å². The van der Waals surface area contributed by atoms with Crippen molar-refractivity contribution in [3.63, 3.8) is 0 Å². The first-order valence-electron chi connectivity index (χ1n) is 7.54. The molecule has 0 radical (unpaired) electrons. The van der Waals surface area contributed by atoms with E-state index in [4.69, 9.17) is 0 Å². The monoisotopic (exact) mass is 319 g/mol. The standard InChI is InChI=1S/C18H17N5O/c1-23(15-8-3-2-4-9-15)18-20-12-10-16(22-18)17(24)21-13-14-7-5-6-11-19-14/h2-12H,13H2,1H3,(H,21,24). The highest BCUT2D eigenvalue weighted by Gasteiger charge is 2.12. The average molecular weight is 319 g/mol. The van der Waals surface area contributed by atoms with Gasteiger partial charge in [-0.1, -0.05) is 24.3 Å². The number of nitrogens with one attached hydrogen (secondary N) is 1. The molecule has 24 heavy (non-hydrogen) atoms. The minimum atomic E-state index is -0.259. The van der Waals surface area contributed by atoms with Crippen LogP contribution in [0.15, 0.2) is 67.0 Å². The lowest BCUT2D eigenvalue weighted by atomic mass is 10.3. The Balaban J connectivity index is 1.71. The van der Waals surface area contributed by atoms with E-state index in [1.807, 2.05) is 60.5 Å². The third-order valence-corrected chi connectivity index (χ3v) is 3.48. The number of carbonyl (C=O) groups excluding carboxylic acids is 1. The number of rotatable bonds is 5. The topological polar surface area (TPSA) is 71.0 Å². The first-order valence-corrected chi connectivity index (χ1v) is 7.54. The van der Waals surface area contributed by atoms with Gasteiger partial charge >= 0.3 is 0 Å². The molecule has 2 aromatic heterocycles. The minimum Gasteiger partial charge on any atom is -0.345 e. The Morgan fingerprint density at radius 1 is 1.00 bits per heavy atom. The van der Waals surface area contributed by atoms with Gasteiger partial charge in [0.15, 0.2) is 0 Å². The maximum atomic E-state index is 12.3. The fraction of sp³-hybridized carbons (Fsp3) is 0.111. The van der Waals surface area contributed by atoms with Crippen LogP contribution in [0.4, 0.5) is 11.6 Å². The van der Waals surface area contributed by atoms with Gasteiger partial charge in [0.25, 0.3) is 5.91 Å². The van der Waals surface area contributed by atoms with Crippen LogP contribution in [0.3, 0.4) is 0 Å². The van der Waals surface area contributed by atoms with Gasteiger partial charge in [-0.2, -0.15) is 0 Å². The fourth-order valence-corrected chi connectivity index (χ4v) is 2.17. The Bertz CT molecular complexity index is 808. The molecular formula is C18H17N5O. The van der Waals surface area contributed by atoms with Crippen LogP contribution < -0.4 is 10.2 Å². The average Bonchev–Trinajstić information content (AvgIpc) is 2.67. The highest BCUT2D eigenvalue weighted by Crippen LogP contribution is 2.18. The van der Waals surface area contributed by atoms with Gasteiger partial charge in [0, 0.05) is 25.1 Å². The summed E-state index contributed by atoms with van der Waals surface area (Å²) in [6, 6.07) is 16.9. The number of hydrogen-bond acceptors (Lipinski definition) is 5. The summed E-state index contributed by atoms with van der Waals surface area (Å²) in [4.78, 5) is 26.9. The molecule has 1 N–H and O–H groups in total. The van der Waals surface area contributed by atoms with E-state index in [-0.39, 0.29) is 5.91 Å². The minimum absolute atomic E-state index is 0.259. The lowest BCUT2D eigenvalue weighted by Gasteiger charge is -2.17. The van der Waals surface area contributed by atoms with Crippen LogP contribution in [0.2, 0.25) is 0 Å². The van der Waals surface area contributed by atoms with Crippen molar-refractivity contribution in [2.45, 2.75) is 6.54 Å². The van der Waals surface area contributed by atoms with E-state index in [1.165, 1.54) is 0 Å². The van der Waals surface area contributed by atoms with Crippen LogP contribution in [-0.2, 0) is 6.54 Å². The van der Waals surface area contributed by atoms with E-state index in [2.05, 4.69) is 20.3 Å². The van der Waals surface area contributed by atoms with Crippen molar-refractivity contribution >= 4 is 17.5 Å². The molecule has 0 unspecified atom stereocenters. The Kier molecular flexibility index (Phi) is 4.76. The zero-order chi connectivity index (χ0) is 16.8. The molecule has 0 aliphatic carbocycles. The van der Waals surface area contributed by atoms with Crippen LogP contribution in [-0.4, -0.2) is 27.9 Å². The summed E-state index contributed by atoms with van der Waals surface area (Å²) < 4.78 is 0. The smallest absolute Gasteiger partial charge is 0.270 e. The van der Waals surface area contributed by atoms with Gasteiger partial charge < -0.3 is 10.2 Å². The van der Waals surface area contributed by atoms with Crippen LogP contribution in [0, 0.1) is 0 Å². The molecule has 0 bridgehead atoms. The van der Waals surface area contributed by atoms with Crippen molar-refractivity contribution in [1.82, 2.24) is 20.3 Å². The Hall–Kier alpha value is -3.28. The summed E-state index contributed by atoms with van der Waals surface area (Å²) in [6.07, 6.45) is 3.27. The maximum Gasteiger partial charge on any atom is 0.270 e. The predicted molar refractivity (Wildman–Crippen MR) is 91.9 cm³/mol. The molecule has 0 spiro atoms. The first kappa shape index (κ1) is 15.6. The molecule has 6 heteroatoms. The molecular weight excluding hydrogens is 302 g/mol. The van der Waals surface area contributed by atoms with Crippen LogP contribution in [0.5, 0.6) is 0 Å². The number of anilines is 2. The van der Waals surface area contributed by atoms with Crippen LogP contribution in [0.25, 0.3) is 0 Å². The van der Waals surface area contributed by atoms with E-state index in [0.29, 0.717) is 18.2 Å². The molecule has 3 rings (SSSR count). The third kappa shape index (κ3) is 3.73. The molecule has 0 saturated carbocycles. The quantitative estimate of drug-likeness (QED) is 0.782. The number of hydrogen-bond donors (Lipinski definition) is 1. The maximum absolute atomic E-state index is 12.3. The Labute approximate surface area is 140 Å². The summed E-state index contributed by atoms with van der Waals surface area (Å²) in [6.45, 7) is 0.355. The number of pyridine rings is 1. The number of aromatic nitrogens is 3. The van der Waals surface area contributed by atoms with Gasteiger partial charge in [-0.15, -0.1) is 0 Å². The molecule has 1 aromatic carbocycles. The zero-order valence-corrected chi connectivity index (χ0v) is 13.3. The van der Waals surface area contributed by atoms with Crippen molar-refractivity contribution in [3.8, 4) is 0 Å². The Morgan fingerprint density at radius 2 is 1.79 bits per heavy atom. The molecule has 3 aromatic rings. The van der Waals surface area contributed by atoms with Crippen molar-refractivity contribution in [2.75, 3.05) is 11.9 Å². The Morgan fingerprint density at radius 3 is 2.54 bits per heavy atom. The molecule has 0 fully saturated rings.